The number of H-pyrrole nitrogens is 1. The van der Waals surface area contributed by atoms with E-state index in [-0.39, 0.29) is 11.4 Å². The van der Waals surface area contributed by atoms with Crippen LogP contribution < -0.4 is 4.74 Å². The minimum absolute atomic E-state index is 0.162. The van der Waals surface area contributed by atoms with Gasteiger partial charge in [-0.2, -0.15) is 0 Å². The van der Waals surface area contributed by atoms with Crippen LogP contribution in [0.4, 0.5) is 4.39 Å². The number of aromatic amines is 1. The Labute approximate surface area is 84.7 Å². The number of hydrogen-bond acceptors (Lipinski definition) is 3. The monoisotopic (exact) mass is 206 g/mol. The Kier molecular flexibility index (Phi) is 2.45. The first-order valence-corrected chi connectivity index (χ1v) is 4.22. The number of halogens is 1. The first-order chi connectivity index (χ1) is 7.25. The second kappa shape index (κ2) is 3.91. The largest absolute Gasteiger partial charge is 0.422 e. The summed E-state index contributed by atoms with van der Waals surface area (Å²) in [5.41, 5.74) is 0.222. The highest BCUT2D eigenvalue weighted by Gasteiger charge is 2.09. The van der Waals surface area contributed by atoms with E-state index in [1.807, 2.05) is 0 Å². The van der Waals surface area contributed by atoms with Gasteiger partial charge in [-0.15, -0.1) is 0 Å². The summed E-state index contributed by atoms with van der Waals surface area (Å²) in [6.07, 6.45) is 2.70. The van der Waals surface area contributed by atoms with E-state index in [9.17, 15) is 9.18 Å². The number of esters is 1. The molecule has 0 aliphatic heterocycles. The van der Waals surface area contributed by atoms with Crippen LogP contribution in [0, 0.1) is 5.82 Å². The zero-order valence-electron chi connectivity index (χ0n) is 7.61. The molecule has 0 amide bonds. The lowest BCUT2D eigenvalue weighted by Crippen LogP contribution is -2.08. The Morgan fingerprint density at radius 1 is 1.47 bits per heavy atom. The van der Waals surface area contributed by atoms with Crippen molar-refractivity contribution in [1.82, 2.24) is 9.97 Å². The number of carbonyl (C=O) groups is 1. The molecule has 0 saturated carbocycles. The number of hydrogen-bond donors (Lipinski definition) is 1. The summed E-state index contributed by atoms with van der Waals surface area (Å²) in [7, 11) is 0. The van der Waals surface area contributed by atoms with Crippen molar-refractivity contribution < 1.29 is 13.9 Å². The number of aromatic nitrogens is 2. The van der Waals surface area contributed by atoms with Crippen LogP contribution in [-0.2, 0) is 0 Å². The van der Waals surface area contributed by atoms with Crippen LogP contribution >= 0.6 is 0 Å². The Morgan fingerprint density at radius 2 is 2.33 bits per heavy atom. The molecule has 1 heterocycles. The third-order valence-electron chi connectivity index (χ3n) is 1.72. The lowest BCUT2D eigenvalue weighted by molar-refractivity contribution is 0.0729. The Hall–Kier alpha value is -2.17. The summed E-state index contributed by atoms with van der Waals surface area (Å²) >= 11 is 0. The number of nitrogens with one attached hydrogen (secondary N) is 1. The molecule has 0 bridgehead atoms. The van der Waals surface area contributed by atoms with Crippen molar-refractivity contribution in [2.75, 3.05) is 0 Å². The van der Waals surface area contributed by atoms with Crippen molar-refractivity contribution >= 4 is 5.97 Å². The van der Waals surface area contributed by atoms with Crippen molar-refractivity contribution in [2.24, 2.45) is 0 Å². The molecule has 0 unspecified atom stereocenters. The smallest absolute Gasteiger partial charge is 0.361 e. The third-order valence-corrected chi connectivity index (χ3v) is 1.72. The third kappa shape index (κ3) is 2.19. The molecule has 2 aromatic rings. The standard InChI is InChI=1S/C10H7FN2O2/c11-7-2-1-3-8(4-7)15-10(14)9-5-12-6-13-9/h1-6H,(H,12,13). The normalized spacial score (nSPS) is 9.93. The van der Waals surface area contributed by atoms with Crippen LogP contribution in [-0.4, -0.2) is 15.9 Å². The van der Waals surface area contributed by atoms with Crippen LogP contribution in [0.1, 0.15) is 10.5 Å². The van der Waals surface area contributed by atoms with Crippen molar-refractivity contribution in [1.29, 1.82) is 0 Å². The molecular formula is C10H7FN2O2. The molecular weight excluding hydrogens is 199 g/mol. The molecule has 0 aliphatic carbocycles. The Balaban J connectivity index is 2.13. The van der Waals surface area contributed by atoms with E-state index in [1.54, 1.807) is 0 Å². The second-order valence-electron chi connectivity index (χ2n) is 2.81. The molecule has 1 N–H and O–H groups in total. The van der Waals surface area contributed by atoms with Gasteiger partial charge in [-0.25, -0.2) is 14.2 Å². The van der Waals surface area contributed by atoms with Crippen LogP contribution in [0.3, 0.4) is 0 Å². The summed E-state index contributed by atoms with van der Waals surface area (Å²) in [4.78, 5) is 17.6. The van der Waals surface area contributed by atoms with Gasteiger partial charge in [0.25, 0.3) is 0 Å². The maximum atomic E-state index is 12.7. The average molecular weight is 206 g/mol. The summed E-state index contributed by atoms with van der Waals surface area (Å²) in [5.74, 6) is -0.891. The number of ether oxygens (including phenoxy) is 1. The first-order valence-electron chi connectivity index (χ1n) is 4.22. The second-order valence-corrected chi connectivity index (χ2v) is 2.81. The molecule has 0 fully saturated rings. The highest BCUT2D eigenvalue weighted by Crippen LogP contribution is 2.13. The molecule has 5 heteroatoms. The van der Waals surface area contributed by atoms with Gasteiger partial charge >= 0.3 is 5.97 Å². The van der Waals surface area contributed by atoms with E-state index in [2.05, 4.69) is 9.97 Å². The molecule has 0 saturated heterocycles. The molecule has 0 radical (unpaired) electrons. The highest BCUT2D eigenvalue weighted by molar-refractivity contribution is 5.88. The predicted molar refractivity (Wildman–Crippen MR) is 49.9 cm³/mol. The quantitative estimate of drug-likeness (QED) is 0.601. The molecule has 0 atom stereocenters. The van der Waals surface area contributed by atoms with Gasteiger partial charge < -0.3 is 9.72 Å². The van der Waals surface area contributed by atoms with E-state index in [1.165, 1.54) is 30.7 Å². The van der Waals surface area contributed by atoms with Gasteiger partial charge in [-0.1, -0.05) is 6.07 Å². The number of carbonyl (C=O) groups excluding carboxylic acids is 1. The number of nitrogens with zero attached hydrogens (tertiary/aromatic N) is 1. The number of benzene rings is 1. The van der Waals surface area contributed by atoms with Gasteiger partial charge in [0.15, 0.2) is 0 Å². The zero-order valence-corrected chi connectivity index (χ0v) is 7.61. The minimum Gasteiger partial charge on any atom is -0.422 e. The summed E-state index contributed by atoms with van der Waals surface area (Å²) in [6.45, 7) is 0. The van der Waals surface area contributed by atoms with E-state index in [0.717, 1.165) is 6.07 Å². The SMILES string of the molecule is O=C(Oc1cccc(F)c1)c1cnc[nH]1. The molecule has 76 valence electrons. The number of rotatable bonds is 2. The van der Waals surface area contributed by atoms with Gasteiger partial charge in [0.2, 0.25) is 0 Å². The molecule has 0 spiro atoms. The first kappa shape index (κ1) is 9.39. The zero-order chi connectivity index (χ0) is 10.7. The minimum atomic E-state index is -0.599. The van der Waals surface area contributed by atoms with Gasteiger partial charge in [0.05, 0.1) is 12.5 Å². The Morgan fingerprint density at radius 3 is 3.00 bits per heavy atom. The summed E-state index contributed by atoms with van der Waals surface area (Å²) < 4.78 is 17.6. The molecule has 15 heavy (non-hydrogen) atoms. The predicted octanol–water partition coefficient (Wildman–Crippen LogP) is 1.77. The van der Waals surface area contributed by atoms with Crippen molar-refractivity contribution in [3.63, 3.8) is 0 Å². The van der Waals surface area contributed by atoms with Crippen molar-refractivity contribution in [3.05, 3.63) is 48.3 Å². The highest BCUT2D eigenvalue weighted by atomic mass is 19.1. The van der Waals surface area contributed by atoms with E-state index >= 15 is 0 Å². The van der Waals surface area contributed by atoms with Gasteiger partial charge in [-0.3, -0.25) is 0 Å². The molecule has 2 rings (SSSR count). The van der Waals surface area contributed by atoms with E-state index < -0.39 is 11.8 Å². The van der Waals surface area contributed by atoms with Gasteiger partial charge in [0.1, 0.15) is 17.3 Å². The summed E-state index contributed by atoms with van der Waals surface area (Å²) in [6, 6.07) is 5.37. The van der Waals surface area contributed by atoms with Crippen LogP contribution in [0.15, 0.2) is 36.8 Å². The maximum Gasteiger partial charge on any atom is 0.361 e. The van der Waals surface area contributed by atoms with Crippen molar-refractivity contribution in [2.45, 2.75) is 0 Å². The molecule has 1 aromatic carbocycles. The van der Waals surface area contributed by atoms with E-state index in [0.29, 0.717) is 0 Å². The lowest BCUT2D eigenvalue weighted by Gasteiger charge is -2.01. The van der Waals surface area contributed by atoms with E-state index in [4.69, 9.17) is 4.74 Å². The Bertz CT molecular complexity index is 468. The van der Waals surface area contributed by atoms with Crippen LogP contribution in [0.25, 0.3) is 0 Å². The molecule has 1 aromatic heterocycles. The summed E-state index contributed by atoms with van der Waals surface area (Å²) in [5, 5.41) is 0. The molecule has 4 nitrogen and oxygen atoms in total. The molecule has 0 aliphatic rings. The number of imidazole rings is 1. The lowest BCUT2D eigenvalue weighted by atomic mass is 10.3. The maximum absolute atomic E-state index is 12.7. The average Bonchev–Trinajstić information content (AvgIpc) is 2.70. The van der Waals surface area contributed by atoms with Crippen LogP contribution in [0.5, 0.6) is 5.75 Å². The topological polar surface area (TPSA) is 55.0 Å². The fourth-order valence-corrected chi connectivity index (χ4v) is 1.06. The fourth-order valence-electron chi connectivity index (χ4n) is 1.06. The van der Waals surface area contributed by atoms with Gasteiger partial charge in [0, 0.05) is 6.07 Å². The van der Waals surface area contributed by atoms with Crippen LogP contribution in [0.2, 0.25) is 0 Å². The fraction of sp³-hybridized carbons (Fsp3) is 0. The van der Waals surface area contributed by atoms with Gasteiger partial charge in [-0.05, 0) is 12.1 Å². The van der Waals surface area contributed by atoms with Crippen molar-refractivity contribution in [3.8, 4) is 5.75 Å².